The van der Waals surface area contributed by atoms with Crippen LogP contribution >= 0.6 is 0 Å². The van der Waals surface area contributed by atoms with Crippen LogP contribution in [0.4, 0.5) is 8.78 Å². The molecule has 3 rings (SSSR count). The largest absolute Gasteiger partial charge is 0.494 e. The van der Waals surface area contributed by atoms with Gasteiger partial charge in [-0.15, -0.1) is 0 Å². The molecule has 164 valence electrons. The van der Waals surface area contributed by atoms with Crippen molar-refractivity contribution in [3.63, 3.8) is 0 Å². The number of nitrogens with zero attached hydrogens (tertiary/aromatic N) is 1. The molecule has 0 aromatic heterocycles. The highest BCUT2D eigenvalue weighted by Crippen LogP contribution is 2.20. The Kier molecular flexibility index (Phi) is 7.76. The lowest BCUT2D eigenvalue weighted by atomic mass is 9.95. The summed E-state index contributed by atoms with van der Waals surface area (Å²) in [7, 11) is 1.39. The molecule has 0 spiro atoms. The minimum Gasteiger partial charge on any atom is -0.494 e. The highest BCUT2D eigenvalue weighted by atomic mass is 19.1. The standard InChI is InChI=1S/C24H26F2N2O3/c1-31-22-8-6-17(16-21(22)26)7-9-23(29)28-14-11-19(12-15-28)24(30)27-13-10-18-4-2-3-5-20(18)25/h2-9,16,19H,10-15H2,1H3,(H,27,30). The summed E-state index contributed by atoms with van der Waals surface area (Å²) in [6.45, 7) is 1.33. The molecule has 5 nitrogen and oxygen atoms in total. The van der Waals surface area contributed by atoms with Crippen LogP contribution in [0.3, 0.4) is 0 Å². The second-order valence-electron chi connectivity index (χ2n) is 7.46. The maximum Gasteiger partial charge on any atom is 0.246 e. The van der Waals surface area contributed by atoms with E-state index in [4.69, 9.17) is 4.74 Å². The second kappa shape index (κ2) is 10.7. The fourth-order valence-electron chi connectivity index (χ4n) is 3.59. The predicted molar refractivity (Wildman–Crippen MR) is 114 cm³/mol. The zero-order valence-electron chi connectivity index (χ0n) is 17.4. The Hall–Kier alpha value is -3.22. The van der Waals surface area contributed by atoms with Gasteiger partial charge in [0, 0.05) is 31.6 Å². The number of hydrogen-bond donors (Lipinski definition) is 1. The molecule has 0 unspecified atom stereocenters. The number of ether oxygens (including phenoxy) is 1. The van der Waals surface area contributed by atoms with Gasteiger partial charge in [-0.2, -0.15) is 0 Å². The minimum atomic E-state index is -0.487. The highest BCUT2D eigenvalue weighted by molar-refractivity contribution is 5.92. The van der Waals surface area contributed by atoms with Gasteiger partial charge in [-0.3, -0.25) is 9.59 Å². The molecule has 1 saturated heterocycles. The molecular formula is C24H26F2N2O3. The molecule has 0 bridgehead atoms. The maximum atomic E-state index is 13.7. The molecule has 0 aliphatic carbocycles. The van der Waals surface area contributed by atoms with E-state index in [2.05, 4.69) is 5.32 Å². The molecule has 1 aliphatic heterocycles. The molecule has 2 aromatic carbocycles. The minimum absolute atomic E-state index is 0.0623. The van der Waals surface area contributed by atoms with Crippen molar-refractivity contribution in [2.24, 2.45) is 5.92 Å². The normalized spacial score (nSPS) is 14.6. The number of benzene rings is 2. The SMILES string of the molecule is COc1ccc(C=CC(=O)N2CCC(C(=O)NCCc3ccccc3F)CC2)cc1F. The number of likely N-dealkylation sites (tertiary alicyclic amines) is 1. The van der Waals surface area contributed by atoms with Gasteiger partial charge in [0.15, 0.2) is 11.6 Å². The average Bonchev–Trinajstić information content (AvgIpc) is 2.79. The van der Waals surface area contributed by atoms with Crippen LogP contribution in [0.2, 0.25) is 0 Å². The molecule has 1 N–H and O–H groups in total. The van der Waals surface area contributed by atoms with Gasteiger partial charge in [0.05, 0.1) is 7.11 Å². The van der Waals surface area contributed by atoms with Crippen LogP contribution in [-0.4, -0.2) is 43.5 Å². The number of rotatable bonds is 7. The summed E-state index contributed by atoms with van der Waals surface area (Å²) in [5, 5.41) is 2.86. The number of methoxy groups -OCH3 is 1. The molecule has 1 aliphatic rings. The number of hydrogen-bond acceptors (Lipinski definition) is 3. The van der Waals surface area contributed by atoms with Crippen LogP contribution < -0.4 is 10.1 Å². The van der Waals surface area contributed by atoms with E-state index in [1.807, 2.05) is 0 Å². The summed E-state index contributed by atoms with van der Waals surface area (Å²) in [5.41, 5.74) is 1.14. The Balaban J connectivity index is 1.43. The van der Waals surface area contributed by atoms with Crippen LogP contribution in [0.15, 0.2) is 48.5 Å². The molecule has 2 amide bonds. The molecule has 31 heavy (non-hydrogen) atoms. The van der Waals surface area contributed by atoms with Gasteiger partial charge in [-0.05, 0) is 54.7 Å². The first-order valence-corrected chi connectivity index (χ1v) is 10.3. The van der Waals surface area contributed by atoms with E-state index in [1.165, 1.54) is 31.4 Å². The first kappa shape index (κ1) is 22.5. The van der Waals surface area contributed by atoms with Crippen LogP contribution in [0.1, 0.15) is 24.0 Å². The Labute approximate surface area is 180 Å². The lowest BCUT2D eigenvalue weighted by Gasteiger charge is -2.30. The van der Waals surface area contributed by atoms with E-state index in [9.17, 15) is 18.4 Å². The topological polar surface area (TPSA) is 58.6 Å². The van der Waals surface area contributed by atoms with Gasteiger partial charge in [0.1, 0.15) is 5.82 Å². The molecular weight excluding hydrogens is 402 g/mol. The number of piperidine rings is 1. The summed E-state index contributed by atoms with van der Waals surface area (Å²) in [4.78, 5) is 26.5. The number of carbonyl (C=O) groups excluding carboxylic acids is 2. The van der Waals surface area contributed by atoms with Crippen molar-refractivity contribution < 1.29 is 23.1 Å². The molecule has 0 radical (unpaired) electrons. The Morgan fingerprint density at radius 1 is 1.13 bits per heavy atom. The zero-order chi connectivity index (χ0) is 22.2. The molecule has 1 fully saturated rings. The monoisotopic (exact) mass is 428 g/mol. The van der Waals surface area contributed by atoms with Crippen molar-refractivity contribution in [1.29, 1.82) is 0 Å². The number of carbonyl (C=O) groups is 2. The van der Waals surface area contributed by atoms with Crippen molar-refractivity contribution in [2.75, 3.05) is 26.7 Å². The highest BCUT2D eigenvalue weighted by Gasteiger charge is 2.26. The van der Waals surface area contributed by atoms with Crippen molar-refractivity contribution in [3.8, 4) is 5.75 Å². The first-order chi connectivity index (χ1) is 15.0. The molecule has 0 atom stereocenters. The Bertz CT molecular complexity index is 954. The second-order valence-corrected chi connectivity index (χ2v) is 7.46. The van der Waals surface area contributed by atoms with Crippen molar-refractivity contribution in [2.45, 2.75) is 19.3 Å². The number of halogens is 2. The third kappa shape index (κ3) is 6.13. The van der Waals surface area contributed by atoms with Crippen LogP contribution in [0.25, 0.3) is 6.08 Å². The first-order valence-electron chi connectivity index (χ1n) is 10.3. The fourth-order valence-corrected chi connectivity index (χ4v) is 3.59. The van der Waals surface area contributed by atoms with Crippen molar-refractivity contribution in [3.05, 3.63) is 71.3 Å². The summed E-state index contributed by atoms with van der Waals surface area (Å²) in [6.07, 6.45) is 4.56. The number of nitrogens with one attached hydrogen (secondary N) is 1. The van der Waals surface area contributed by atoms with Gasteiger partial charge < -0.3 is 15.0 Å². The van der Waals surface area contributed by atoms with Crippen LogP contribution in [-0.2, 0) is 16.0 Å². The molecule has 0 saturated carbocycles. The van der Waals surface area contributed by atoms with Crippen molar-refractivity contribution in [1.82, 2.24) is 10.2 Å². The third-order valence-corrected chi connectivity index (χ3v) is 5.42. The molecule has 1 heterocycles. The van der Waals surface area contributed by atoms with Gasteiger partial charge in [-0.25, -0.2) is 8.78 Å². The molecule has 2 aromatic rings. The zero-order valence-corrected chi connectivity index (χ0v) is 17.4. The lowest BCUT2D eigenvalue weighted by Crippen LogP contribution is -2.42. The van der Waals surface area contributed by atoms with Crippen LogP contribution in [0, 0.1) is 17.6 Å². The van der Waals surface area contributed by atoms with E-state index < -0.39 is 5.82 Å². The van der Waals surface area contributed by atoms with E-state index in [-0.39, 0.29) is 29.3 Å². The Morgan fingerprint density at radius 3 is 2.55 bits per heavy atom. The summed E-state index contributed by atoms with van der Waals surface area (Å²) in [6, 6.07) is 11.0. The summed E-state index contributed by atoms with van der Waals surface area (Å²) < 4.78 is 32.3. The average molecular weight is 428 g/mol. The maximum absolute atomic E-state index is 13.7. The van der Waals surface area contributed by atoms with Gasteiger partial charge in [-0.1, -0.05) is 24.3 Å². The van der Waals surface area contributed by atoms with E-state index in [0.717, 1.165) is 0 Å². The van der Waals surface area contributed by atoms with E-state index in [0.29, 0.717) is 50.0 Å². The third-order valence-electron chi connectivity index (χ3n) is 5.42. The van der Waals surface area contributed by atoms with Gasteiger partial charge >= 0.3 is 0 Å². The quantitative estimate of drug-likeness (QED) is 0.686. The lowest BCUT2D eigenvalue weighted by molar-refractivity contribution is -0.132. The summed E-state index contributed by atoms with van der Waals surface area (Å²) in [5.74, 6) is -1.00. The smallest absolute Gasteiger partial charge is 0.246 e. The summed E-state index contributed by atoms with van der Waals surface area (Å²) >= 11 is 0. The van der Waals surface area contributed by atoms with E-state index in [1.54, 1.807) is 35.2 Å². The predicted octanol–water partition coefficient (Wildman–Crippen LogP) is 3.58. The number of amides is 2. The Morgan fingerprint density at radius 2 is 1.87 bits per heavy atom. The van der Waals surface area contributed by atoms with E-state index >= 15 is 0 Å². The van der Waals surface area contributed by atoms with Crippen molar-refractivity contribution >= 4 is 17.9 Å². The molecule has 7 heteroatoms. The van der Waals surface area contributed by atoms with Crippen LogP contribution in [0.5, 0.6) is 5.75 Å². The van der Waals surface area contributed by atoms with Gasteiger partial charge in [0.2, 0.25) is 11.8 Å². The fraction of sp³-hybridized carbons (Fsp3) is 0.333. The van der Waals surface area contributed by atoms with Gasteiger partial charge in [0.25, 0.3) is 0 Å².